The molecule has 1 fully saturated rings. The molecule has 1 N–H and O–H groups in total. The van der Waals surface area contributed by atoms with Crippen molar-refractivity contribution in [3.05, 3.63) is 0 Å². The Balaban J connectivity index is 2.05. The fourth-order valence-corrected chi connectivity index (χ4v) is 2.09. The van der Waals surface area contributed by atoms with Gasteiger partial charge >= 0.3 is 11.9 Å². The molecule has 2 unspecified atom stereocenters. The van der Waals surface area contributed by atoms with Crippen LogP contribution in [-0.4, -0.2) is 63.0 Å². The van der Waals surface area contributed by atoms with Gasteiger partial charge in [0.05, 0.1) is 19.3 Å². The zero-order chi connectivity index (χ0) is 17.8. The molecule has 8 nitrogen and oxygen atoms in total. The average Bonchev–Trinajstić information content (AvgIpc) is 3.08. The van der Waals surface area contributed by atoms with Gasteiger partial charge in [-0.3, -0.25) is 9.59 Å². The van der Waals surface area contributed by atoms with E-state index in [0.29, 0.717) is 26.2 Å². The maximum absolute atomic E-state index is 11.7. The summed E-state index contributed by atoms with van der Waals surface area (Å²) < 4.78 is 20.4. The van der Waals surface area contributed by atoms with Crippen LogP contribution in [0, 0.1) is 0 Å². The first kappa shape index (κ1) is 20.4. The van der Waals surface area contributed by atoms with Crippen LogP contribution >= 0.6 is 0 Å². The first-order valence-electron chi connectivity index (χ1n) is 8.35. The lowest BCUT2D eigenvalue weighted by Crippen LogP contribution is -2.33. The summed E-state index contributed by atoms with van der Waals surface area (Å²) in [6.07, 6.45) is 1.93. The van der Waals surface area contributed by atoms with Gasteiger partial charge in [-0.25, -0.2) is 4.79 Å². The van der Waals surface area contributed by atoms with Crippen LogP contribution in [0.3, 0.4) is 0 Å². The second-order valence-electron chi connectivity index (χ2n) is 5.48. The number of carbonyl (C=O) groups is 3. The highest BCUT2D eigenvalue weighted by molar-refractivity contribution is 5.81. The maximum Gasteiger partial charge on any atom is 0.335 e. The summed E-state index contributed by atoms with van der Waals surface area (Å²) >= 11 is 0. The van der Waals surface area contributed by atoms with Crippen LogP contribution in [0.5, 0.6) is 0 Å². The monoisotopic (exact) mass is 345 g/mol. The standard InChI is InChI=1S/C16H27NO7/c1-3-21-15(19)7-4-8-17-14(18)11-24-16(20)12(2)23-10-13-6-5-9-22-13/h12-13H,3-11H2,1-2H3,(H,17,18). The van der Waals surface area contributed by atoms with Crippen molar-refractivity contribution in [2.45, 2.75) is 51.7 Å². The molecular formula is C16H27NO7. The third-order valence-electron chi connectivity index (χ3n) is 3.42. The second-order valence-corrected chi connectivity index (χ2v) is 5.48. The van der Waals surface area contributed by atoms with E-state index >= 15 is 0 Å². The van der Waals surface area contributed by atoms with Crippen LogP contribution in [-0.2, 0) is 33.3 Å². The number of hydrogen-bond donors (Lipinski definition) is 1. The molecule has 1 aliphatic rings. The Labute approximate surface area is 142 Å². The van der Waals surface area contributed by atoms with Crippen LogP contribution in [0.2, 0.25) is 0 Å². The molecule has 1 saturated heterocycles. The molecule has 138 valence electrons. The van der Waals surface area contributed by atoms with E-state index in [1.165, 1.54) is 0 Å². The molecule has 0 aromatic rings. The predicted octanol–water partition coefficient (Wildman–Crippen LogP) is 0.573. The second kappa shape index (κ2) is 11.8. The Morgan fingerprint density at radius 1 is 1.29 bits per heavy atom. The SMILES string of the molecule is CCOC(=O)CCCNC(=O)COC(=O)C(C)OCC1CCCO1. The molecule has 8 heteroatoms. The molecule has 0 bridgehead atoms. The molecule has 1 rings (SSSR count). The average molecular weight is 345 g/mol. The minimum Gasteiger partial charge on any atom is -0.466 e. The molecule has 24 heavy (non-hydrogen) atoms. The van der Waals surface area contributed by atoms with Gasteiger partial charge in [0.15, 0.2) is 12.7 Å². The number of carbonyl (C=O) groups excluding carboxylic acids is 3. The normalized spacial score (nSPS) is 18.0. The molecule has 0 aliphatic carbocycles. The largest absolute Gasteiger partial charge is 0.466 e. The Bertz CT molecular complexity index is 407. The lowest BCUT2D eigenvalue weighted by atomic mass is 10.2. The molecule has 0 radical (unpaired) electrons. The van der Waals surface area contributed by atoms with Gasteiger partial charge in [-0.2, -0.15) is 0 Å². The highest BCUT2D eigenvalue weighted by Crippen LogP contribution is 2.12. The van der Waals surface area contributed by atoms with E-state index in [4.69, 9.17) is 18.9 Å². The zero-order valence-electron chi connectivity index (χ0n) is 14.4. The molecule has 0 spiro atoms. The van der Waals surface area contributed by atoms with E-state index in [1.807, 2.05) is 0 Å². The first-order chi connectivity index (χ1) is 11.5. The Morgan fingerprint density at radius 3 is 2.75 bits per heavy atom. The predicted molar refractivity (Wildman–Crippen MR) is 84.2 cm³/mol. The Morgan fingerprint density at radius 2 is 2.08 bits per heavy atom. The number of nitrogens with one attached hydrogen (secondary N) is 1. The summed E-state index contributed by atoms with van der Waals surface area (Å²) in [6.45, 7) is 4.67. The van der Waals surface area contributed by atoms with Crippen LogP contribution in [0.4, 0.5) is 0 Å². The zero-order valence-corrected chi connectivity index (χ0v) is 14.4. The fraction of sp³-hybridized carbons (Fsp3) is 0.812. The number of ether oxygens (including phenoxy) is 4. The van der Waals surface area contributed by atoms with E-state index in [9.17, 15) is 14.4 Å². The van der Waals surface area contributed by atoms with Crippen molar-refractivity contribution in [2.75, 3.05) is 33.0 Å². The quantitative estimate of drug-likeness (QED) is 0.432. The van der Waals surface area contributed by atoms with Crippen molar-refractivity contribution in [1.82, 2.24) is 5.32 Å². The van der Waals surface area contributed by atoms with Crippen molar-refractivity contribution in [2.24, 2.45) is 0 Å². The minimum atomic E-state index is -0.745. The highest BCUT2D eigenvalue weighted by Gasteiger charge is 2.21. The van der Waals surface area contributed by atoms with Crippen molar-refractivity contribution in [3.8, 4) is 0 Å². The minimum absolute atomic E-state index is 0.0305. The Kier molecular flexibility index (Phi) is 10.0. The van der Waals surface area contributed by atoms with Gasteiger partial charge < -0.3 is 24.3 Å². The van der Waals surface area contributed by atoms with Crippen molar-refractivity contribution < 1.29 is 33.3 Å². The third-order valence-corrected chi connectivity index (χ3v) is 3.42. The van der Waals surface area contributed by atoms with Gasteiger partial charge in [0.25, 0.3) is 5.91 Å². The van der Waals surface area contributed by atoms with Crippen LogP contribution in [0.25, 0.3) is 0 Å². The number of hydrogen-bond acceptors (Lipinski definition) is 7. The first-order valence-corrected chi connectivity index (χ1v) is 8.35. The van der Waals surface area contributed by atoms with Crippen molar-refractivity contribution in [1.29, 1.82) is 0 Å². The lowest BCUT2D eigenvalue weighted by molar-refractivity contribution is -0.160. The fourth-order valence-electron chi connectivity index (χ4n) is 2.09. The highest BCUT2D eigenvalue weighted by atomic mass is 16.6. The number of rotatable bonds is 11. The number of amides is 1. The lowest BCUT2D eigenvalue weighted by Gasteiger charge is -2.15. The van der Waals surface area contributed by atoms with Crippen LogP contribution in [0.1, 0.15) is 39.5 Å². The van der Waals surface area contributed by atoms with Gasteiger partial charge in [-0.15, -0.1) is 0 Å². The van der Waals surface area contributed by atoms with Gasteiger partial charge in [-0.1, -0.05) is 0 Å². The molecule has 2 atom stereocenters. The molecule has 1 amide bonds. The van der Waals surface area contributed by atoms with E-state index in [0.717, 1.165) is 19.4 Å². The molecule has 0 aromatic carbocycles. The van der Waals surface area contributed by atoms with Gasteiger partial charge in [0, 0.05) is 19.6 Å². The summed E-state index contributed by atoms with van der Waals surface area (Å²) in [7, 11) is 0. The number of esters is 2. The van der Waals surface area contributed by atoms with E-state index in [1.54, 1.807) is 13.8 Å². The summed E-state index contributed by atoms with van der Waals surface area (Å²) in [5, 5.41) is 2.57. The van der Waals surface area contributed by atoms with Gasteiger partial charge in [0.1, 0.15) is 0 Å². The molecule has 1 heterocycles. The topological polar surface area (TPSA) is 100 Å². The van der Waals surface area contributed by atoms with E-state index in [-0.39, 0.29) is 25.1 Å². The van der Waals surface area contributed by atoms with E-state index in [2.05, 4.69) is 5.32 Å². The summed E-state index contributed by atoms with van der Waals surface area (Å²) in [6, 6.07) is 0. The third kappa shape index (κ3) is 8.83. The summed E-state index contributed by atoms with van der Waals surface area (Å²) in [5.41, 5.74) is 0. The van der Waals surface area contributed by atoms with Crippen molar-refractivity contribution >= 4 is 17.8 Å². The summed E-state index contributed by atoms with van der Waals surface area (Å²) in [5.74, 6) is -1.30. The molecule has 1 aliphatic heterocycles. The van der Waals surface area contributed by atoms with Gasteiger partial charge in [-0.05, 0) is 33.1 Å². The van der Waals surface area contributed by atoms with Gasteiger partial charge in [0.2, 0.25) is 0 Å². The molecular weight excluding hydrogens is 318 g/mol. The Hall–Kier alpha value is -1.67. The van der Waals surface area contributed by atoms with E-state index < -0.39 is 18.0 Å². The molecule has 0 saturated carbocycles. The molecule has 0 aromatic heterocycles. The summed E-state index contributed by atoms with van der Waals surface area (Å²) in [4.78, 5) is 34.4. The van der Waals surface area contributed by atoms with Crippen molar-refractivity contribution in [3.63, 3.8) is 0 Å². The van der Waals surface area contributed by atoms with Crippen LogP contribution < -0.4 is 5.32 Å². The maximum atomic E-state index is 11.7. The smallest absolute Gasteiger partial charge is 0.335 e. The van der Waals surface area contributed by atoms with Crippen LogP contribution in [0.15, 0.2) is 0 Å².